The van der Waals surface area contributed by atoms with Gasteiger partial charge in [-0.05, 0) is 12.8 Å². The Bertz CT molecular complexity index is 121. The third-order valence-electron chi connectivity index (χ3n) is 1.89. The van der Waals surface area contributed by atoms with Crippen LogP contribution in [0.25, 0.3) is 0 Å². The van der Waals surface area contributed by atoms with Crippen LogP contribution in [0, 0.1) is 0 Å². The maximum atomic E-state index is 11.1. The minimum atomic E-state index is -0.403. The molecule has 2 nitrogen and oxygen atoms in total. The molecule has 12 heavy (non-hydrogen) atoms. The monoisotopic (exact) mass is 172 g/mol. The SMILES string of the molecule is CCCCC(=O)CC(O)CCC. The zero-order valence-corrected chi connectivity index (χ0v) is 8.18. The summed E-state index contributed by atoms with van der Waals surface area (Å²) in [6.45, 7) is 4.08. The zero-order chi connectivity index (χ0) is 9.40. The molecule has 0 aliphatic carbocycles. The summed E-state index contributed by atoms with van der Waals surface area (Å²) in [5, 5.41) is 9.30. The third-order valence-corrected chi connectivity index (χ3v) is 1.89. The average molecular weight is 172 g/mol. The molecular weight excluding hydrogens is 152 g/mol. The van der Waals surface area contributed by atoms with Crippen LogP contribution in [0.2, 0.25) is 0 Å². The molecule has 0 aliphatic heterocycles. The van der Waals surface area contributed by atoms with E-state index in [1.807, 2.05) is 6.92 Å². The molecule has 1 unspecified atom stereocenters. The number of aliphatic hydroxyl groups is 1. The highest BCUT2D eigenvalue weighted by Crippen LogP contribution is 2.05. The number of aliphatic hydroxyl groups excluding tert-OH is 1. The van der Waals surface area contributed by atoms with Gasteiger partial charge in [-0.3, -0.25) is 4.79 Å². The topological polar surface area (TPSA) is 37.3 Å². The van der Waals surface area contributed by atoms with Crippen LogP contribution in [0.3, 0.4) is 0 Å². The molecule has 0 saturated heterocycles. The minimum Gasteiger partial charge on any atom is -0.393 e. The standard InChI is InChI=1S/C10H20O2/c1-3-5-7-10(12)8-9(11)6-4-2/h9,11H,3-8H2,1-2H3. The lowest BCUT2D eigenvalue weighted by molar-refractivity contribution is -0.121. The van der Waals surface area contributed by atoms with E-state index in [1.165, 1.54) is 0 Å². The number of unbranched alkanes of at least 4 members (excludes halogenated alkanes) is 1. The molecule has 0 amide bonds. The lowest BCUT2D eigenvalue weighted by Crippen LogP contribution is -2.12. The van der Waals surface area contributed by atoms with Crippen LogP contribution in [0.4, 0.5) is 0 Å². The van der Waals surface area contributed by atoms with Crippen LogP contribution in [0.5, 0.6) is 0 Å². The predicted octanol–water partition coefficient (Wildman–Crippen LogP) is 2.30. The maximum absolute atomic E-state index is 11.1. The Morgan fingerprint density at radius 2 is 2.00 bits per heavy atom. The van der Waals surface area contributed by atoms with Crippen LogP contribution in [0.15, 0.2) is 0 Å². The van der Waals surface area contributed by atoms with E-state index in [0.717, 1.165) is 25.7 Å². The van der Waals surface area contributed by atoms with E-state index in [2.05, 4.69) is 6.92 Å². The summed E-state index contributed by atoms with van der Waals surface area (Å²) < 4.78 is 0. The predicted molar refractivity (Wildman–Crippen MR) is 50.1 cm³/mol. The molecule has 0 spiro atoms. The first-order valence-electron chi connectivity index (χ1n) is 4.90. The van der Waals surface area contributed by atoms with Gasteiger partial charge in [0.2, 0.25) is 0 Å². The van der Waals surface area contributed by atoms with Crippen LogP contribution < -0.4 is 0 Å². The lowest BCUT2D eigenvalue weighted by Gasteiger charge is -2.07. The fourth-order valence-corrected chi connectivity index (χ4v) is 1.17. The lowest BCUT2D eigenvalue weighted by atomic mass is 10.0. The highest BCUT2D eigenvalue weighted by Gasteiger charge is 2.08. The number of carbonyl (C=O) groups excluding carboxylic acids is 1. The van der Waals surface area contributed by atoms with Gasteiger partial charge in [0.1, 0.15) is 5.78 Å². The van der Waals surface area contributed by atoms with Gasteiger partial charge in [0, 0.05) is 12.8 Å². The molecule has 0 aromatic rings. The van der Waals surface area contributed by atoms with Gasteiger partial charge in [0.05, 0.1) is 6.10 Å². The second kappa shape index (κ2) is 7.29. The minimum absolute atomic E-state index is 0.206. The molecule has 0 saturated carbocycles. The van der Waals surface area contributed by atoms with Crippen LogP contribution >= 0.6 is 0 Å². The molecule has 0 radical (unpaired) electrons. The normalized spacial score (nSPS) is 12.9. The summed E-state index contributed by atoms with van der Waals surface area (Å²) in [7, 11) is 0. The third kappa shape index (κ3) is 6.35. The van der Waals surface area contributed by atoms with Crippen LogP contribution in [-0.4, -0.2) is 17.0 Å². The average Bonchev–Trinajstić information content (AvgIpc) is 2.01. The van der Waals surface area contributed by atoms with E-state index in [4.69, 9.17) is 0 Å². The first-order chi connectivity index (χ1) is 5.70. The molecule has 0 heterocycles. The molecule has 0 fully saturated rings. The van der Waals surface area contributed by atoms with Crippen LogP contribution in [-0.2, 0) is 4.79 Å². The molecule has 0 aromatic heterocycles. The fourth-order valence-electron chi connectivity index (χ4n) is 1.17. The Balaban J connectivity index is 3.40. The summed E-state index contributed by atoms with van der Waals surface area (Å²) in [6, 6.07) is 0. The summed E-state index contributed by atoms with van der Waals surface area (Å²) in [5.74, 6) is 0.206. The zero-order valence-electron chi connectivity index (χ0n) is 8.18. The largest absolute Gasteiger partial charge is 0.393 e. The first-order valence-corrected chi connectivity index (χ1v) is 4.90. The molecule has 0 bridgehead atoms. The van der Waals surface area contributed by atoms with Gasteiger partial charge in [-0.15, -0.1) is 0 Å². The number of ketones is 1. The molecule has 1 N–H and O–H groups in total. The van der Waals surface area contributed by atoms with Crippen molar-refractivity contribution in [3.05, 3.63) is 0 Å². The molecular formula is C10H20O2. The first kappa shape index (κ1) is 11.6. The van der Waals surface area contributed by atoms with Crippen molar-refractivity contribution in [1.29, 1.82) is 0 Å². The summed E-state index contributed by atoms with van der Waals surface area (Å²) >= 11 is 0. The fraction of sp³-hybridized carbons (Fsp3) is 0.900. The van der Waals surface area contributed by atoms with Crippen molar-refractivity contribution in [2.24, 2.45) is 0 Å². The number of rotatable bonds is 7. The van der Waals surface area contributed by atoms with E-state index in [9.17, 15) is 9.90 Å². The molecule has 0 rings (SSSR count). The summed E-state index contributed by atoms with van der Waals surface area (Å²) in [4.78, 5) is 11.1. The van der Waals surface area contributed by atoms with Crippen molar-refractivity contribution in [1.82, 2.24) is 0 Å². The number of hydrogen-bond donors (Lipinski definition) is 1. The molecule has 2 heteroatoms. The van der Waals surface area contributed by atoms with Crippen molar-refractivity contribution < 1.29 is 9.90 Å². The highest BCUT2D eigenvalue weighted by molar-refractivity contribution is 5.78. The summed E-state index contributed by atoms with van der Waals surface area (Å²) in [6.07, 6.45) is 4.29. The Hall–Kier alpha value is -0.370. The van der Waals surface area contributed by atoms with Gasteiger partial charge in [-0.25, -0.2) is 0 Å². The van der Waals surface area contributed by atoms with Gasteiger partial charge in [-0.1, -0.05) is 26.7 Å². The Morgan fingerprint density at radius 1 is 1.33 bits per heavy atom. The van der Waals surface area contributed by atoms with E-state index < -0.39 is 6.10 Å². The van der Waals surface area contributed by atoms with Gasteiger partial charge < -0.3 is 5.11 Å². The Kier molecular flexibility index (Phi) is 7.06. The van der Waals surface area contributed by atoms with Crippen molar-refractivity contribution in [2.45, 2.75) is 58.5 Å². The number of hydrogen-bond acceptors (Lipinski definition) is 2. The molecule has 0 aliphatic rings. The van der Waals surface area contributed by atoms with E-state index in [1.54, 1.807) is 0 Å². The van der Waals surface area contributed by atoms with E-state index in [0.29, 0.717) is 12.8 Å². The van der Waals surface area contributed by atoms with Crippen molar-refractivity contribution >= 4 is 5.78 Å². The van der Waals surface area contributed by atoms with E-state index >= 15 is 0 Å². The van der Waals surface area contributed by atoms with Gasteiger partial charge >= 0.3 is 0 Å². The second-order valence-corrected chi connectivity index (χ2v) is 3.29. The van der Waals surface area contributed by atoms with Gasteiger partial charge in [0.15, 0.2) is 0 Å². The molecule has 0 aromatic carbocycles. The van der Waals surface area contributed by atoms with Crippen molar-refractivity contribution in [2.75, 3.05) is 0 Å². The molecule has 1 atom stereocenters. The van der Waals surface area contributed by atoms with Gasteiger partial charge in [-0.2, -0.15) is 0 Å². The van der Waals surface area contributed by atoms with Crippen LogP contribution in [0.1, 0.15) is 52.4 Å². The smallest absolute Gasteiger partial charge is 0.135 e. The summed E-state index contributed by atoms with van der Waals surface area (Å²) in [5.41, 5.74) is 0. The van der Waals surface area contributed by atoms with Gasteiger partial charge in [0.25, 0.3) is 0 Å². The van der Waals surface area contributed by atoms with E-state index in [-0.39, 0.29) is 5.78 Å². The quantitative estimate of drug-likeness (QED) is 0.639. The van der Waals surface area contributed by atoms with Crippen molar-refractivity contribution in [3.8, 4) is 0 Å². The maximum Gasteiger partial charge on any atom is 0.135 e. The number of carbonyl (C=O) groups is 1. The number of Topliss-reactive ketones (excluding diaryl/α,β-unsaturated/α-hetero) is 1. The van der Waals surface area contributed by atoms with Crippen molar-refractivity contribution in [3.63, 3.8) is 0 Å². The Morgan fingerprint density at radius 3 is 2.50 bits per heavy atom. The second-order valence-electron chi connectivity index (χ2n) is 3.29. The molecule has 72 valence electrons. The Labute approximate surface area is 75.0 Å². The highest BCUT2D eigenvalue weighted by atomic mass is 16.3.